The van der Waals surface area contributed by atoms with Gasteiger partial charge < -0.3 is 9.47 Å². The number of hydrogen-bond acceptors (Lipinski definition) is 6. The minimum atomic E-state index is -0.0316. The van der Waals surface area contributed by atoms with Crippen molar-refractivity contribution in [2.24, 2.45) is 0 Å². The molecular weight excluding hydrogens is 434 g/mol. The summed E-state index contributed by atoms with van der Waals surface area (Å²) in [5.41, 5.74) is 4.04. The molecule has 0 aliphatic carbocycles. The smallest absolute Gasteiger partial charge is 0.260 e. The van der Waals surface area contributed by atoms with Crippen molar-refractivity contribution in [3.05, 3.63) is 53.1 Å². The Morgan fingerprint density at radius 1 is 1.15 bits per heavy atom. The lowest BCUT2D eigenvalue weighted by Crippen LogP contribution is -2.43. The van der Waals surface area contributed by atoms with Crippen LogP contribution < -0.4 is 9.64 Å². The molecular formula is C26H33N3O3S. The second-order valence-corrected chi connectivity index (χ2v) is 9.55. The maximum absolute atomic E-state index is 13.6. The van der Waals surface area contributed by atoms with Crippen molar-refractivity contribution in [1.82, 2.24) is 9.88 Å². The normalized spacial score (nSPS) is 14.5. The number of aromatic nitrogens is 1. The highest BCUT2D eigenvalue weighted by atomic mass is 32.1. The minimum Gasteiger partial charge on any atom is -0.494 e. The molecule has 0 radical (unpaired) electrons. The van der Waals surface area contributed by atoms with Crippen molar-refractivity contribution in [2.75, 3.05) is 50.9 Å². The van der Waals surface area contributed by atoms with E-state index in [1.54, 1.807) is 11.3 Å². The zero-order valence-electron chi connectivity index (χ0n) is 19.8. The summed E-state index contributed by atoms with van der Waals surface area (Å²) in [6, 6.07) is 11.7. The second kappa shape index (κ2) is 11.1. The van der Waals surface area contributed by atoms with E-state index in [9.17, 15) is 4.79 Å². The molecule has 2 aromatic carbocycles. The number of thiazole rings is 1. The minimum absolute atomic E-state index is 0.0316. The van der Waals surface area contributed by atoms with Crippen LogP contribution in [0.15, 0.2) is 36.4 Å². The predicted octanol–water partition coefficient (Wildman–Crippen LogP) is 5.07. The van der Waals surface area contributed by atoms with Gasteiger partial charge in [0.15, 0.2) is 5.13 Å². The topological polar surface area (TPSA) is 54.9 Å². The van der Waals surface area contributed by atoms with Gasteiger partial charge in [-0.2, -0.15) is 0 Å². The van der Waals surface area contributed by atoms with Crippen LogP contribution in [-0.2, 0) is 4.74 Å². The van der Waals surface area contributed by atoms with Gasteiger partial charge in [-0.25, -0.2) is 4.98 Å². The maximum Gasteiger partial charge on any atom is 0.260 e. The molecule has 3 aromatic rings. The summed E-state index contributed by atoms with van der Waals surface area (Å²) in [6.45, 7) is 11.7. The van der Waals surface area contributed by atoms with Crippen LogP contribution in [0.5, 0.6) is 5.75 Å². The number of unbranched alkanes of at least 4 members (excludes halogenated alkanes) is 1. The molecule has 6 nitrogen and oxygen atoms in total. The molecule has 0 atom stereocenters. The first-order valence-electron chi connectivity index (χ1n) is 11.8. The average Bonchev–Trinajstić information content (AvgIpc) is 3.23. The molecule has 7 heteroatoms. The number of amides is 1. The lowest BCUT2D eigenvalue weighted by atomic mass is 10.1. The van der Waals surface area contributed by atoms with Crippen molar-refractivity contribution >= 4 is 32.6 Å². The highest BCUT2D eigenvalue weighted by Gasteiger charge is 2.23. The first-order chi connectivity index (χ1) is 16.0. The van der Waals surface area contributed by atoms with E-state index in [4.69, 9.17) is 14.5 Å². The number of anilines is 1. The third kappa shape index (κ3) is 5.91. The molecule has 1 fully saturated rings. The average molecular weight is 468 g/mol. The molecule has 0 N–H and O–H groups in total. The predicted molar refractivity (Wildman–Crippen MR) is 135 cm³/mol. The van der Waals surface area contributed by atoms with Gasteiger partial charge in [0.1, 0.15) is 5.75 Å². The number of rotatable bonds is 9. The summed E-state index contributed by atoms with van der Waals surface area (Å²) < 4.78 is 12.3. The Hall–Kier alpha value is -2.48. The fraction of sp³-hybridized carbons (Fsp3) is 0.462. The molecule has 0 saturated carbocycles. The number of carbonyl (C=O) groups is 1. The molecule has 1 aromatic heterocycles. The van der Waals surface area contributed by atoms with Crippen LogP contribution in [0.3, 0.4) is 0 Å². The van der Waals surface area contributed by atoms with E-state index in [0.717, 1.165) is 66.8 Å². The zero-order chi connectivity index (χ0) is 23.2. The van der Waals surface area contributed by atoms with Crippen molar-refractivity contribution < 1.29 is 14.3 Å². The molecule has 176 valence electrons. The number of ether oxygens (including phenoxy) is 2. The zero-order valence-corrected chi connectivity index (χ0v) is 20.6. The Morgan fingerprint density at radius 3 is 2.61 bits per heavy atom. The summed E-state index contributed by atoms with van der Waals surface area (Å²) in [4.78, 5) is 22.6. The Morgan fingerprint density at radius 2 is 1.88 bits per heavy atom. The van der Waals surface area contributed by atoms with E-state index < -0.39 is 0 Å². The molecule has 1 aliphatic rings. The van der Waals surface area contributed by atoms with Crippen LogP contribution in [0.25, 0.3) is 10.2 Å². The summed E-state index contributed by atoms with van der Waals surface area (Å²) >= 11 is 1.58. The molecule has 0 bridgehead atoms. The van der Waals surface area contributed by atoms with Crippen molar-refractivity contribution in [3.8, 4) is 5.75 Å². The molecule has 0 unspecified atom stereocenters. The highest BCUT2D eigenvalue weighted by Crippen LogP contribution is 2.31. The van der Waals surface area contributed by atoms with E-state index in [-0.39, 0.29) is 5.91 Å². The number of nitrogens with zero attached hydrogens (tertiary/aromatic N) is 3. The number of fused-ring (bicyclic) bond motifs is 1. The van der Waals surface area contributed by atoms with E-state index >= 15 is 0 Å². The summed E-state index contributed by atoms with van der Waals surface area (Å²) in [7, 11) is 0. The lowest BCUT2D eigenvalue weighted by molar-refractivity contribution is 0.0391. The molecule has 0 spiro atoms. The number of morpholine rings is 1. The van der Waals surface area contributed by atoms with Crippen LogP contribution in [0.1, 0.15) is 41.3 Å². The van der Waals surface area contributed by atoms with E-state index in [1.165, 1.54) is 11.1 Å². The fourth-order valence-electron chi connectivity index (χ4n) is 3.82. The fourth-order valence-corrected chi connectivity index (χ4v) is 4.89. The van der Waals surface area contributed by atoms with Gasteiger partial charge in [0.05, 0.1) is 30.0 Å². The standard InChI is InChI=1S/C26H33N3O3S/c1-4-5-14-32-22-8-6-21(7-9-22)25(30)29(11-10-28-12-15-31-16-13-28)26-27-23-17-19(2)20(3)18-24(23)33-26/h6-9,17-18H,4-5,10-16H2,1-3H3. The van der Waals surface area contributed by atoms with E-state index in [0.29, 0.717) is 18.7 Å². The van der Waals surface area contributed by atoms with Crippen molar-refractivity contribution in [2.45, 2.75) is 33.6 Å². The van der Waals surface area contributed by atoms with Crippen LogP contribution in [-0.4, -0.2) is 61.8 Å². The first kappa shape index (κ1) is 23.7. The maximum atomic E-state index is 13.6. The van der Waals surface area contributed by atoms with Gasteiger partial charge in [0, 0.05) is 31.7 Å². The number of carbonyl (C=O) groups excluding carboxylic acids is 1. The lowest BCUT2D eigenvalue weighted by Gasteiger charge is -2.29. The first-order valence-corrected chi connectivity index (χ1v) is 12.6. The Labute approximate surface area is 200 Å². The van der Waals surface area contributed by atoms with Crippen LogP contribution in [0.2, 0.25) is 0 Å². The Kier molecular flexibility index (Phi) is 7.96. The number of aryl methyl sites for hydroxylation is 2. The Bertz CT molecular complexity index is 1040. The Balaban J connectivity index is 1.57. The molecule has 1 aliphatic heterocycles. The highest BCUT2D eigenvalue weighted by molar-refractivity contribution is 7.22. The summed E-state index contributed by atoms with van der Waals surface area (Å²) in [5, 5.41) is 0.747. The van der Waals surface area contributed by atoms with Crippen molar-refractivity contribution in [1.29, 1.82) is 0 Å². The third-order valence-electron chi connectivity index (χ3n) is 6.08. The monoisotopic (exact) mass is 467 g/mol. The van der Waals surface area contributed by atoms with Crippen LogP contribution in [0, 0.1) is 13.8 Å². The molecule has 4 rings (SSSR count). The number of benzene rings is 2. The van der Waals surface area contributed by atoms with E-state index in [2.05, 4.69) is 37.8 Å². The SMILES string of the molecule is CCCCOc1ccc(C(=O)N(CCN2CCOCC2)c2nc3cc(C)c(C)cc3s2)cc1. The summed E-state index contributed by atoms with van der Waals surface area (Å²) in [5.74, 6) is 0.765. The third-order valence-corrected chi connectivity index (χ3v) is 7.12. The molecule has 33 heavy (non-hydrogen) atoms. The van der Waals surface area contributed by atoms with Gasteiger partial charge in [-0.1, -0.05) is 24.7 Å². The van der Waals surface area contributed by atoms with Crippen LogP contribution >= 0.6 is 11.3 Å². The quantitative estimate of drug-likeness (QED) is 0.411. The van der Waals surface area contributed by atoms with Gasteiger partial charge in [-0.05, 0) is 67.8 Å². The summed E-state index contributed by atoms with van der Waals surface area (Å²) in [6.07, 6.45) is 2.11. The van der Waals surface area contributed by atoms with Gasteiger partial charge >= 0.3 is 0 Å². The van der Waals surface area contributed by atoms with E-state index in [1.807, 2.05) is 29.2 Å². The molecule has 1 saturated heterocycles. The molecule has 1 amide bonds. The van der Waals surface area contributed by atoms with Gasteiger partial charge in [0.2, 0.25) is 0 Å². The molecule has 2 heterocycles. The second-order valence-electron chi connectivity index (χ2n) is 8.54. The van der Waals surface area contributed by atoms with Gasteiger partial charge in [-0.15, -0.1) is 0 Å². The largest absolute Gasteiger partial charge is 0.494 e. The van der Waals surface area contributed by atoms with Crippen LogP contribution in [0.4, 0.5) is 5.13 Å². The van der Waals surface area contributed by atoms with Crippen molar-refractivity contribution in [3.63, 3.8) is 0 Å². The van der Waals surface area contributed by atoms with Gasteiger partial charge in [-0.3, -0.25) is 14.6 Å². The van der Waals surface area contributed by atoms with Gasteiger partial charge in [0.25, 0.3) is 5.91 Å². The number of hydrogen-bond donors (Lipinski definition) is 0.